The molecular weight excluding hydrogens is 462 g/mol. The molecule has 0 unspecified atom stereocenters. The van der Waals surface area contributed by atoms with Gasteiger partial charge in [0.05, 0.1) is 23.5 Å². The predicted octanol–water partition coefficient (Wildman–Crippen LogP) is 3.71. The summed E-state index contributed by atoms with van der Waals surface area (Å²) in [5, 5.41) is 6.52. The van der Waals surface area contributed by atoms with Crippen LogP contribution in [0.15, 0.2) is 35.1 Å². The molecule has 0 spiro atoms. The van der Waals surface area contributed by atoms with Crippen LogP contribution in [0.2, 0.25) is 0 Å². The summed E-state index contributed by atoms with van der Waals surface area (Å²) in [7, 11) is 1.80. The first-order valence-electron chi connectivity index (χ1n) is 12.3. The third-order valence-electron chi connectivity index (χ3n) is 7.01. The van der Waals surface area contributed by atoms with Crippen LogP contribution in [0.4, 0.5) is 10.7 Å². The molecule has 3 aromatic rings. The number of benzene rings is 1. The van der Waals surface area contributed by atoms with Gasteiger partial charge in [0, 0.05) is 11.9 Å². The molecule has 0 saturated carbocycles. The van der Waals surface area contributed by atoms with E-state index in [4.69, 9.17) is 0 Å². The summed E-state index contributed by atoms with van der Waals surface area (Å²) in [5.41, 5.74) is 2.88. The van der Waals surface area contributed by atoms with Crippen LogP contribution in [0.1, 0.15) is 52.2 Å². The normalized spacial score (nSPS) is 15.7. The topological polar surface area (TPSA) is 88.4 Å². The Hall–Kier alpha value is -3.17. The highest BCUT2D eigenvalue weighted by atomic mass is 32.1. The van der Waals surface area contributed by atoms with E-state index in [-0.39, 0.29) is 23.1 Å². The molecule has 2 aliphatic rings. The zero-order valence-electron chi connectivity index (χ0n) is 20.2. The van der Waals surface area contributed by atoms with Gasteiger partial charge in [-0.25, -0.2) is 4.68 Å². The van der Waals surface area contributed by atoms with E-state index in [0.29, 0.717) is 22.8 Å². The Bertz CT molecular complexity index is 1310. The lowest BCUT2D eigenvalue weighted by molar-refractivity contribution is -0.117. The monoisotopic (exact) mass is 493 g/mol. The van der Waals surface area contributed by atoms with Crippen molar-refractivity contribution in [2.75, 3.05) is 30.3 Å². The van der Waals surface area contributed by atoms with E-state index in [9.17, 15) is 14.4 Å². The largest absolute Gasteiger partial charge is 0.316 e. The van der Waals surface area contributed by atoms with Gasteiger partial charge in [-0.1, -0.05) is 18.2 Å². The van der Waals surface area contributed by atoms with Crippen LogP contribution in [0.5, 0.6) is 0 Å². The molecule has 2 N–H and O–H groups in total. The maximum absolute atomic E-state index is 13.6. The number of hydrogen-bond acceptors (Lipinski definition) is 5. The predicted molar refractivity (Wildman–Crippen MR) is 139 cm³/mol. The number of nitrogens with zero attached hydrogens (tertiary/aromatic N) is 3. The number of fused-ring (bicyclic) bond motifs is 1. The van der Waals surface area contributed by atoms with E-state index in [1.807, 2.05) is 37.3 Å². The van der Waals surface area contributed by atoms with E-state index < -0.39 is 0 Å². The molecule has 1 aliphatic carbocycles. The van der Waals surface area contributed by atoms with Crippen LogP contribution in [-0.2, 0) is 24.7 Å². The Morgan fingerprint density at radius 1 is 1.00 bits per heavy atom. The minimum atomic E-state index is -0.341. The van der Waals surface area contributed by atoms with Gasteiger partial charge < -0.3 is 10.6 Å². The average molecular weight is 494 g/mol. The first-order chi connectivity index (χ1) is 16.9. The van der Waals surface area contributed by atoms with Crippen molar-refractivity contribution in [3.8, 4) is 5.69 Å². The number of carbonyl (C=O) groups is 2. The summed E-state index contributed by atoms with van der Waals surface area (Å²) < 4.78 is 3.29. The Balaban J connectivity index is 1.45. The summed E-state index contributed by atoms with van der Waals surface area (Å²) >= 11 is 1.50. The van der Waals surface area contributed by atoms with Gasteiger partial charge in [0.25, 0.3) is 11.5 Å². The number of aryl methyl sites for hydroxylation is 1. The average Bonchev–Trinajstić information content (AvgIpc) is 3.54. The second-order valence-corrected chi connectivity index (χ2v) is 10.4. The van der Waals surface area contributed by atoms with Crippen LogP contribution in [-0.4, -0.2) is 45.7 Å². The van der Waals surface area contributed by atoms with E-state index in [0.717, 1.165) is 67.7 Å². The van der Waals surface area contributed by atoms with E-state index in [2.05, 4.69) is 15.5 Å². The zero-order chi connectivity index (χ0) is 24.5. The molecule has 8 nitrogen and oxygen atoms in total. The number of rotatable bonds is 6. The van der Waals surface area contributed by atoms with Gasteiger partial charge in [0.2, 0.25) is 5.91 Å². The summed E-state index contributed by atoms with van der Waals surface area (Å²) in [6, 6.07) is 9.35. The lowest BCUT2D eigenvalue weighted by atomic mass is 9.95. The standard InChI is InChI=1S/C26H31N5O3S/c1-17-23(26(34)31(29(17)2)18-10-4-3-5-11-18)28-24(33)22-19-12-6-7-13-20(19)35-25(22)27-21(32)16-30-14-8-9-15-30/h3-5,10-11H,6-9,12-16H2,1-2H3,(H,27,32)(H,28,33). The summed E-state index contributed by atoms with van der Waals surface area (Å²) in [5.74, 6) is -0.436. The molecule has 1 aliphatic heterocycles. The van der Waals surface area contributed by atoms with Crippen LogP contribution < -0.4 is 16.2 Å². The highest BCUT2D eigenvalue weighted by Crippen LogP contribution is 2.38. The molecule has 1 fully saturated rings. The summed E-state index contributed by atoms with van der Waals surface area (Å²) in [6.45, 7) is 4.02. The maximum atomic E-state index is 13.6. The minimum Gasteiger partial charge on any atom is -0.316 e. The third-order valence-corrected chi connectivity index (χ3v) is 8.22. The zero-order valence-corrected chi connectivity index (χ0v) is 21.0. The second-order valence-electron chi connectivity index (χ2n) is 9.34. The molecule has 5 rings (SSSR count). The van der Waals surface area contributed by atoms with Crippen molar-refractivity contribution in [2.45, 2.75) is 45.4 Å². The van der Waals surface area contributed by atoms with Crippen molar-refractivity contribution in [2.24, 2.45) is 7.05 Å². The maximum Gasteiger partial charge on any atom is 0.295 e. The Morgan fingerprint density at radius 3 is 2.46 bits per heavy atom. The molecule has 2 amide bonds. The first kappa shape index (κ1) is 23.6. The van der Waals surface area contributed by atoms with Gasteiger partial charge >= 0.3 is 0 Å². The number of amides is 2. The third kappa shape index (κ3) is 4.58. The van der Waals surface area contributed by atoms with E-state index >= 15 is 0 Å². The molecular formula is C26H31N5O3S. The van der Waals surface area contributed by atoms with Gasteiger partial charge in [-0.2, -0.15) is 0 Å². The number of carbonyl (C=O) groups excluding carboxylic acids is 2. The van der Waals surface area contributed by atoms with Crippen LogP contribution in [0, 0.1) is 6.92 Å². The van der Waals surface area contributed by atoms with Gasteiger partial charge in [-0.3, -0.25) is 24.0 Å². The number of para-hydroxylation sites is 1. The van der Waals surface area contributed by atoms with Gasteiger partial charge in [0.15, 0.2) is 0 Å². The van der Waals surface area contributed by atoms with Crippen LogP contribution in [0.3, 0.4) is 0 Å². The SMILES string of the molecule is Cc1c(NC(=O)c2c(NC(=O)CN3CCCC3)sc3c2CCCC3)c(=O)n(-c2ccccc2)n1C. The minimum absolute atomic E-state index is 0.0955. The number of nitrogens with one attached hydrogen (secondary N) is 2. The molecule has 1 saturated heterocycles. The molecule has 1 aromatic carbocycles. The van der Waals surface area contributed by atoms with Gasteiger partial charge in [0.1, 0.15) is 10.7 Å². The molecule has 184 valence electrons. The molecule has 0 radical (unpaired) electrons. The molecule has 35 heavy (non-hydrogen) atoms. The summed E-state index contributed by atoms with van der Waals surface area (Å²) in [6.07, 6.45) is 6.04. The fourth-order valence-electron chi connectivity index (χ4n) is 5.09. The number of thiophene rings is 1. The van der Waals surface area contributed by atoms with Crippen molar-refractivity contribution in [3.05, 3.63) is 62.4 Å². The fourth-order valence-corrected chi connectivity index (χ4v) is 6.40. The van der Waals surface area contributed by atoms with Crippen molar-refractivity contribution in [1.29, 1.82) is 0 Å². The van der Waals surface area contributed by atoms with Gasteiger partial charge in [-0.15, -0.1) is 11.3 Å². The molecule has 9 heteroatoms. The Morgan fingerprint density at radius 2 is 1.71 bits per heavy atom. The molecule has 3 heterocycles. The number of anilines is 2. The summed E-state index contributed by atoms with van der Waals surface area (Å²) in [4.78, 5) is 43.0. The number of hydrogen-bond donors (Lipinski definition) is 2. The van der Waals surface area contributed by atoms with Crippen molar-refractivity contribution in [3.63, 3.8) is 0 Å². The highest BCUT2D eigenvalue weighted by Gasteiger charge is 2.28. The fraction of sp³-hybridized carbons (Fsp3) is 0.423. The smallest absolute Gasteiger partial charge is 0.295 e. The lowest BCUT2D eigenvalue weighted by Crippen LogP contribution is -2.31. The van der Waals surface area contributed by atoms with Crippen molar-refractivity contribution < 1.29 is 9.59 Å². The first-order valence-corrected chi connectivity index (χ1v) is 13.1. The van der Waals surface area contributed by atoms with Gasteiger partial charge in [-0.05, 0) is 76.2 Å². The second kappa shape index (κ2) is 9.83. The number of aromatic nitrogens is 2. The van der Waals surface area contributed by atoms with Crippen molar-refractivity contribution in [1.82, 2.24) is 14.3 Å². The molecule has 0 atom stereocenters. The van der Waals surface area contributed by atoms with E-state index in [1.165, 1.54) is 11.3 Å². The molecule has 2 aromatic heterocycles. The lowest BCUT2D eigenvalue weighted by Gasteiger charge is -2.15. The Kier molecular flexibility index (Phi) is 6.62. The highest BCUT2D eigenvalue weighted by molar-refractivity contribution is 7.17. The molecule has 0 bridgehead atoms. The Labute approximate surface area is 208 Å². The quantitative estimate of drug-likeness (QED) is 0.548. The van der Waals surface area contributed by atoms with Crippen LogP contribution >= 0.6 is 11.3 Å². The number of likely N-dealkylation sites (tertiary alicyclic amines) is 1. The van der Waals surface area contributed by atoms with E-state index in [1.54, 1.807) is 16.4 Å². The van der Waals surface area contributed by atoms with Crippen LogP contribution in [0.25, 0.3) is 5.69 Å². The van der Waals surface area contributed by atoms with Crippen molar-refractivity contribution >= 4 is 33.8 Å².